The van der Waals surface area contributed by atoms with E-state index in [1.807, 2.05) is 24.3 Å². The van der Waals surface area contributed by atoms with Gasteiger partial charge in [0.2, 0.25) is 5.91 Å². The molecule has 0 aliphatic rings. The first-order chi connectivity index (χ1) is 10.2. The Labute approximate surface area is 130 Å². The van der Waals surface area contributed by atoms with Gasteiger partial charge in [0.25, 0.3) is 0 Å². The second-order valence-electron chi connectivity index (χ2n) is 4.24. The van der Waals surface area contributed by atoms with Gasteiger partial charge in [0, 0.05) is 6.20 Å². The van der Waals surface area contributed by atoms with Crippen LogP contribution in [-0.2, 0) is 4.79 Å². The molecule has 1 amide bonds. The number of carbonyl (C=O) groups is 1. The monoisotopic (exact) mass is 318 g/mol. The number of amides is 1. The molecule has 0 bridgehead atoms. The maximum Gasteiger partial charge on any atom is 0.234 e. The van der Waals surface area contributed by atoms with Crippen LogP contribution in [0.25, 0.3) is 11.0 Å². The molecular formula is C14H11ClN4OS. The van der Waals surface area contributed by atoms with Crippen molar-refractivity contribution in [3.05, 3.63) is 47.7 Å². The lowest BCUT2D eigenvalue weighted by atomic mass is 10.3. The first kappa shape index (κ1) is 13.9. The lowest BCUT2D eigenvalue weighted by molar-refractivity contribution is -0.113. The van der Waals surface area contributed by atoms with Crippen molar-refractivity contribution in [1.29, 1.82) is 0 Å². The maximum absolute atomic E-state index is 11.9. The zero-order chi connectivity index (χ0) is 14.7. The molecular weight excluding hydrogens is 308 g/mol. The van der Waals surface area contributed by atoms with E-state index in [-0.39, 0.29) is 16.8 Å². The van der Waals surface area contributed by atoms with Crippen LogP contribution in [0.1, 0.15) is 0 Å². The van der Waals surface area contributed by atoms with E-state index in [9.17, 15) is 4.79 Å². The van der Waals surface area contributed by atoms with Crippen molar-refractivity contribution in [3.8, 4) is 0 Å². The molecule has 106 valence electrons. The first-order valence-electron chi connectivity index (χ1n) is 6.20. The number of hydrogen-bond donors (Lipinski definition) is 2. The Bertz CT molecular complexity index is 756. The Hall–Kier alpha value is -2.05. The van der Waals surface area contributed by atoms with Gasteiger partial charge in [-0.2, -0.15) is 0 Å². The maximum atomic E-state index is 11.9. The predicted octanol–water partition coefficient (Wildman–Crippen LogP) is 3.34. The van der Waals surface area contributed by atoms with Crippen molar-refractivity contribution < 1.29 is 4.79 Å². The summed E-state index contributed by atoms with van der Waals surface area (Å²) in [5, 5.41) is 3.71. The number of anilines is 1. The topological polar surface area (TPSA) is 70.7 Å². The molecule has 0 fully saturated rings. The summed E-state index contributed by atoms with van der Waals surface area (Å²) in [4.78, 5) is 23.4. The van der Waals surface area contributed by atoms with E-state index in [4.69, 9.17) is 11.6 Å². The molecule has 0 spiro atoms. The highest BCUT2D eigenvalue weighted by molar-refractivity contribution is 7.99. The van der Waals surface area contributed by atoms with E-state index in [0.717, 1.165) is 11.0 Å². The second kappa shape index (κ2) is 6.15. The Morgan fingerprint density at radius 3 is 2.95 bits per heavy atom. The largest absolute Gasteiger partial charge is 0.333 e. The third-order valence-electron chi connectivity index (χ3n) is 2.74. The van der Waals surface area contributed by atoms with Crippen molar-refractivity contribution >= 4 is 46.0 Å². The summed E-state index contributed by atoms with van der Waals surface area (Å²) in [6.45, 7) is 0. The molecule has 0 saturated carbocycles. The molecule has 2 N–H and O–H groups in total. The molecule has 0 atom stereocenters. The molecule has 21 heavy (non-hydrogen) atoms. The number of rotatable bonds is 4. The van der Waals surface area contributed by atoms with E-state index >= 15 is 0 Å². The van der Waals surface area contributed by atoms with Crippen LogP contribution < -0.4 is 5.32 Å². The summed E-state index contributed by atoms with van der Waals surface area (Å²) in [6.07, 6.45) is 1.57. The minimum atomic E-state index is -0.157. The Kier molecular flexibility index (Phi) is 4.08. The molecule has 2 aromatic heterocycles. The van der Waals surface area contributed by atoms with Gasteiger partial charge in [-0.3, -0.25) is 4.79 Å². The lowest BCUT2D eigenvalue weighted by Gasteiger charge is -2.04. The van der Waals surface area contributed by atoms with Crippen LogP contribution in [0.2, 0.25) is 5.15 Å². The highest BCUT2D eigenvalue weighted by atomic mass is 35.5. The molecule has 0 unspecified atom stereocenters. The molecule has 0 aliphatic heterocycles. The van der Waals surface area contributed by atoms with Crippen molar-refractivity contribution in [2.75, 3.05) is 11.1 Å². The van der Waals surface area contributed by atoms with Crippen molar-refractivity contribution in [2.24, 2.45) is 0 Å². The smallest absolute Gasteiger partial charge is 0.234 e. The average Bonchev–Trinajstić information content (AvgIpc) is 2.90. The van der Waals surface area contributed by atoms with E-state index < -0.39 is 0 Å². The zero-order valence-corrected chi connectivity index (χ0v) is 12.4. The highest BCUT2D eigenvalue weighted by Crippen LogP contribution is 2.21. The summed E-state index contributed by atoms with van der Waals surface area (Å²) >= 11 is 7.22. The van der Waals surface area contributed by atoms with Gasteiger partial charge in [-0.1, -0.05) is 35.5 Å². The van der Waals surface area contributed by atoms with Gasteiger partial charge >= 0.3 is 0 Å². The third kappa shape index (κ3) is 3.34. The molecule has 3 rings (SSSR count). The number of aromatic amines is 1. The van der Waals surface area contributed by atoms with Crippen LogP contribution in [0, 0.1) is 0 Å². The number of fused-ring (bicyclic) bond motifs is 1. The standard InChI is InChI=1S/C14H11ClN4OS/c15-13-11(6-3-7-16-13)17-12(20)8-21-14-18-9-4-1-2-5-10(9)19-14/h1-7H,8H2,(H,17,20)(H,18,19). The predicted molar refractivity (Wildman–Crippen MR) is 84.7 cm³/mol. The van der Waals surface area contributed by atoms with Crippen LogP contribution in [0.15, 0.2) is 47.8 Å². The summed E-state index contributed by atoms with van der Waals surface area (Å²) in [5.41, 5.74) is 2.35. The summed E-state index contributed by atoms with van der Waals surface area (Å²) in [5.74, 6) is 0.0840. The number of aromatic nitrogens is 3. The average molecular weight is 319 g/mol. The molecule has 3 aromatic rings. The fourth-order valence-electron chi connectivity index (χ4n) is 1.80. The first-order valence-corrected chi connectivity index (χ1v) is 7.56. The normalized spacial score (nSPS) is 10.7. The fraction of sp³-hybridized carbons (Fsp3) is 0.0714. The highest BCUT2D eigenvalue weighted by Gasteiger charge is 2.09. The van der Waals surface area contributed by atoms with E-state index in [1.165, 1.54) is 11.8 Å². The van der Waals surface area contributed by atoms with Crippen LogP contribution in [0.3, 0.4) is 0 Å². The third-order valence-corrected chi connectivity index (χ3v) is 3.92. The van der Waals surface area contributed by atoms with Crippen molar-refractivity contribution in [3.63, 3.8) is 0 Å². The molecule has 0 radical (unpaired) electrons. The minimum absolute atomic E-state index is 0.157. The number of imidazole rings is 1. The van der Waals surface area contributed by atoms with Crippen LogP contribution in [0.4, 0.5) is 5.69 Å². The van der Waals surface area contributed by atoms with Crippen LogP contribution in [-0.4, -0.2) is 26.6 Å². The zero-order valence-electron chi connectivity index (χ0n) is 10.8. The summed E-state index contributed by atoms with van der Waals surface area (Å²) in [6, 6.07) is 11.2. The number of nitrogens with one attached hydrogen (secondary N) is 2. The molecule has 0 aliphatic carbocycles. The molecule has 5 nitrogen and oxygen atoms in total. The Morgan fingerprint density at radius 1 is 1.29 bits per heavy atom. The number of hydrogen-bond acceptors (Lipinski definition) is 4. The van der Waals surface area contributed by atoms with E-state index in [2.05, 4.69) is 20.3 Å². The second-order valence-corrected chi connectivity index (χ2v) is 5.56. The van der Waals surface area contributed by atoms with Gasteiger partial charge < -0.3 is 10.3 Å². The molecule has 7 heteroatoms. The number of pyridine rings is 1. The van der Waals surface area contributed by atoms with Gasteiger partial charge in [0.1, 0.15) is 0 Å². The molecule has 0 saturated heterocycles. The number of nitrogens with zero attached hydrogens (tertiary/aromatic N) is 2. The Morgan fingerprint density at radius 2 is 2.14 bits per heavy atom. The minimum Gasteiger partial charge on any atom is -0.333 e. The molecule has 1 aromatic carbocycles. The van der Waals surface area contributed by atoms with Crippen LogP contribution >= 0.6 is 23.4 Å². The number of halogens is 1. The number of para-hydroxylation sites is 2. The summed E-state index contributed by atoms with van der Waals surface area (Å²) in [7, 11) is 0. The molecule has 2 heterocycles. The Balaban J connectivity index is 1.62. The lowest BCUT2D eigenvalue weighted by Crippen LogP contribution is -2.14. The van der Waals surface area contributed by atoms with Crippen LogP contribution in [0.5, 0.6) is 0 Å². The van der Waals surface area contributed by atoms with Gasteiger partial charge in [0.15, 0.2) is 10.3 Å². The van der Waals surface area contributed by atoms with E-state index in [1.54, 1.807) is 18.3 Å². The SMILES string of the molecule is O=C(CSc1nc2ccccc2[nH]1)Nc1cccnc1Cl. The van der Waals surface area contributed by atoms with Crippen molar-refractivity contribution in [2.45, 2.75) is 5.16 Å². The number of thioether (sulfide) groups is 1. The summed E-state index contributed by atoms with van der Waals surface area (Å²) < 4.78 is 0. The van der Waals surface area contributed by atoms with Gasteiger partial charge in [-0.25, -0.2) is 9.97 Å². The van der Waals surface area contributed by atoms with E-state index in [0.29, 0.717) is 10.8 Å². The number of H-pyrrole nitrogens is 1. The fourth-order valence-corrected chi connectivity index (χ4v) is 2.65. The number of carbonyl (C=O) groups excluding carboxylic acids is 1. The van der Waals surface area contributed by atoms with Crippen molar-refractivity contribution in [1.82, 2.24) is 15.0 Å². The number of benzene rings is 1. The van der Waals surface area contributed by atoms with Gasteiger partial charge in [-0.05, 0) is 24.3 Å². The van der Waals surface area contributed by atoms with Gasteiger partial charge in [-0.15, -0.1) is 0 Å². The van der Waals surface area contributed by atoms with Gasteiger partial charge in [0.05, 0.1) is 22.5 Å². The quantitative estimate of drug-likeness (QED) is 0.571.